The van der Waals surface area contributed by atoms with Gasteiger partial charge in [0.1, 0.15) is 0 Å². The molecule has 3 aliphatic rings. The molecule has 0 nitrogen and oxygen atoms in total. The zero-order valence-corrected chi connectivity index (χ0v) is 9.45. The van der Waals surface area contributed by atoms with E-state index in [0.29, 0.717) is 10.8 Å². The van der Waals surface area contributed by atoms with Gasteiger partial charge >= 0.3 is 0 Å². The highest BCUT2D eigenvalue weighted by molar-refractivity contribution is 5.44. The maximum atomic E-state index is 2.48. The Morgan fingerprint density at radius 1 is 0.750 bits per heavy atom. The molecule has 0 N–H and O–H groups in total. The molecular weight excluding hydrogens is 192 g/mol. The van der Waals surface area contributed by atoms with Crippen LogP contribution in [0.15, 0.2) is 48.6 Å². The Bertz CT molecular complexity index is 464. The average Bonchev–Trinajstić information content (AvgIpc) is 2.30. The fourth-order valence-corrected chi connectivity index (χ4v) is 3.88. The van der Waals surface area contributed by atoms with E-state index in [9.17, 15) is 0 Å². The van der Waals surface area contributed by atoms with Crippen LogP contribution in [0.5, 0.6) is 0 Å². The Morgan fingerprint density at radius 2 is 1.25 bits per heavy atom. The van der Waals surface area contributed by atoms with Crippen LogP contribution in [0.4, 0.5) is 0 Å². The molecular formula is C16H16. The SMILES string of the molecule is C1=CC[C@@]23C=C[C@@]2(C1)Cc1ccccc1C3. The van der Waals surface area contributed by atoms with Crippen molar-refractivity contribution in [3.8, 4) is 0 Å². The molecule has 2 atom stereocenters. The summed E-state index contributed by atoms with van der Waals surface area (Å²) >= 11 is 0. The normalized spacial score (nSPS) is 38.2. The third kappa shape index (κ3) is 0.870. The number of benzene rings is 1. The molecule has 0 heterocycles. The minimum Gasteiger partial charge on any atom is -0.0876 e. The fourth-order valence-electron chi connectivity index (χ4n) is 3.88. The van der Waals surface area contributed by atoms with E-state index in [2.05, 4.69) is 48.6 Å². The van der Waals surface area contributed by atoms with Crippen LogP contribution in [-0.2, 0) is 12.8 Å². The molecule has 0 bridgehead atoms. The number of hydrogen-bond donors (Lipinski definition) is 0. The highest BCUT2D eigenvalue weighted by Crippen LogP contribution is 2.62. The second kappa shape index (κ2) is 2.68. The van der Waals surface area contributed by atoms with Crippen LogP contribution < -0.4 is 0 Å². The van der Waals surface area contributed by atoms with Crippen molar-refractivity contribution in [1.29, 1.82) is 0 Å². The number of rotatable bonds is 0. The summed E-state index contributed by atoms with van der Waals surface area (Å²) in [5.41, 5.74) is 4.10. The molecule has 0 radical (unpaired) electrons. The van der Waals surface area contributed by atoms with Gasteiger partial charge in [0, 0.05) is 10.8 Å². The Labute approximate surface area is 96.7 Å². The summed E-state index contributed by atoms with van der Waals surface area (Å²) in [6.45, 7) is 0. The molecule has 1 aromatic rings. The molecule has 0 saturated carbocycles. The van der Waals surface area contributed by atoms with Crippen LogP contribution in [-0.4, -0.2) is 0 Å². The Hall–Kier alpha value is -1.30. The van der Waals surface area contributed by atoms with E-state index in [0.717, 1.165) is 0 Å². The van der Waals surface area contributed by atoms with Gasteiger partial charge in [-0.05, 0) is 36.8 Å². The lowest BCUT2D eigenvalue weighted by molar-refractivity contribution is 0.0799. The molecule has 0 fully saturated rings. The quantitative estimate of drug-likeness (QED) is 0.570. The lowest BCUT2D eigenvalue weighted by Crippen LogP contribution is -2.52. The third-order valence-electron chi connectivity index (χ3n) is 4.97. The highest BCUT2D eigenvalue weighted by Gasteiger charge is 2.55. The van der Waals surface area contributed by atoms with Gasteiger partial charge in [0.2, 0.25) is 0 Å². The molecule has 0 aliphatic heterocycles. The first-order valence-electron chi connectivity index (χ1n) is 6.26. The van der Waals surface area contributed by atoms with E-state index < -0.39 is 0 Å². The monoisotopic (exact) mass is 208 g/mol. The standard InChI is InChI=1S/C16H16/c1-2-6-14-12-16-8-4-3-7-15(16,9-10-16)11-13(14)5-1/h1-6,9-10H,7-8,11-12H2/t15-,16-/m0/s1. The van der Waals surface area contributed by atoms with Crippen molar-refractivity contribution >= 4 is 0 Å². The predicted octanol–water partition coefficient (Wildman–Crippen LogP) is 3.68. The smallest absolute Gasteiger partial charge is 0.00539 e. The molecule has 0 heteroatoms. The van der Waals surface area contributed by atoms with Crippen molar-refractivity contribution < 1.29 is 0 Å². The third-order valence-corrected chi connectivity index (χ3v) is 4.97. The summed E-state index contributed by atoms with van der Waals surface area (Å²) in [4.78, 5) is 0. The highest BCUT2D eigenvalue weighted by atomic mass is 14.6. The molecule has 4 rings (SSSR count). The van der Waals surface area contributed by atoms with Crippen molar-refractivity contribution in [3.63, 3.8) is 0 Å². The Kier molecular flexibility index (Phi) is 1.48. The maximum absolute atomic E-state index is 2.48. The summed E-state index contributed by atoms with van der Waals surface area (Å²) in [7, 11) is 0. The van der Waals surface area contributed by atoms with E-state index in [1.54, 1.807) is 11.1 Å². The zero-order valence-electron chi connectivity index (χ0n) is 9.45. The molecule has 1 aromatic carbocycles. The summed E-state index contributed by atoms with van der Waals surface area (Å²) in [5.74, 6) is 0. The van der Waals surface area contributed by atoms with Crippen molar-refractivity contribution in [2.75, 3.05) is 0 Å². The van der Waals surface area contributed by atoms with Gasteiger partial charge in [-0.2, -0.15) is 0 Å². The van der Waals surface area contributed by atoms with Crippen molar-refractivity contribution in [2.45, 2.75) is 25.7 Å². The number of fused-ring (bicyclic) bond motifs is 1. The van der Waals surface area contributed by atoms with Gasteiger partial charge in [-0.15, -0.1) is 0 Å². The van der Waals surface area contributed by atoms with Crippen LogP contribution >= 0.6 is 0 Å². The van der Waals surface area contributed by atoms with E-state index in [-0.39, 0.29) is 0 Å². The Balaban J connectivity index is 1.88. The molecule has 0 aromatic heterocycles. The van der Waals surface area contributed by atoms with Gasteiger partial charge in [-0.3, -0.25) is 0 Å². The summed E-state index contributed by atoms with van der Waals surface area (Å²) < 4.78 is 0. The number of allylic oxidation sites excluding steroid dienone is 4. The lowest BCUT2D eigenvalue weighted by Gasteiger charge is -2.58. The van der Waals surface area contributed by atoms with Gasteiger partial charge in [-0.1, -0.05) is 48.6 Å². The van der Waals surface area contributed by atoms with Gasteiger partial charge in [0.15, 0.2) is 0 Å². The van der Waals surface area contributed by atoms with Crippen LogP contribution in [0, 0.1) is 10.8 Å². The molecule has 80 valence electrons. The molecule has 0 amide bonds. The van der Waals surface area contributed by atoms with Gasteiger partial charge in [0.25, 0.3) is 0 Å². The van der Waals surface area contributed by atoms with Gasteiger partial charge in [-0.25, -0.2) is 0 Å². The van der Waals surface area contributed by atoms with Crippen molar-refractivity contribution in [2.24, 2.45) is 10.8 Å². The van der Waals surface area contributed by atoms with Crippen LogP contribution in [0.1, 0.15) is 24.0 Å². The molecule has 0 spiro atoms. The lowest BCUT2D eigenvalue weighted by atomic mass is 9.45. The molecule has 0 saturated heterocycles. The zero-order chi connectivity index (χ0) is 10.6. The van der Waals surface area contributed by atoms with Crippen LogP contribution in [0.3, 0.4) is 0 Å². The first kappa shape index (κ1) is 8.81. The van der Waals surface area contributed by atoms with Crippen LogP contribution in [0.25, 0.3) is 0 Å². The average molecular weight is 208 g/mol. The minimum atomic E-state index is 0.468. The van der Waals surface area contributed by atoms with E-state index >= 15 is 0 Å². The van der Waals surface area contributed by atoms with Crippen LogP contribution in [0.2, 0.25) is 0 Å². The number of hydrogen-bond acceptors (Lipinski definition) is 0. The van der Waals surface area contributed by atoms with Gasteiger partial charge in [0.05, 0.1) is 0 Å². The second-order valence-electron chi connectivity index (χ2n) is 5.65. The van der Waals surface area contributed by atoms with Crippen molar-refractivity contribution in [1.82, 2.24) is 0 Å². The summed E-state index contributed by atoms with van der Waals surface area (Å²) in [6.07, 6.45) is 14.7. The molecule has 3 aliphatic carbocycles. The first-order chi connectivity index (χ1) is 7.84. The topological polar surface area (TPSA) is 0 Å². The first-order valence-corrected chi connectivity index (χ1v) is 6.26. The van der Waals surface area contributed by atoms with Gasteiger partial charge < -0.3 is 0 Å². The van der Waals surface area contributed by atoms with E-state index in [1.807, 2.05) is 0 Å². The fraction of sp³-hybridized carbons (Fsp3) is 0.375. The van der Waals surface area contributed by atoms with E-state index in [1.165, 1.54) is 25.7 Å². The largest absolute Gasteiger partial charge is 0.0876 e. The maximum Gasteiger partial charge on any atom is 0.00539 e. The Morgan fingerprint density at radius 3 is 1.69 bits per heavy atom. The molecule has 16 heavy (non-hydrogen) atoms. The summed E-state index contributed by atoms with van der Waals surface area (Å²) in [5, 5.41) is 0. The molecule has 0 unspecified atom stereocenters. The summed E-state index contributed by atoms with van der Waals surface area (Å²) in [6, 6.07) is 9.00. The minimum absolute atomic E-state index is 0.468. The van der Waals surface area contributed by atoms with Crippen molar-refractivity contribution in [3.05, 3.63) is 59.7 Å². The van der Waals surface area contributed by atoms with E-state index in [4.69, 9.17) is 0 Å². The predicted molar refractivity (Wildman–Crippen MR) is 66.2 cm³/mol. The second-order valence-corrected chi connectivity index (χ2v) is 5.65.